The molecule has 2 nitrogen and oxygen atoms in total. The van der Waals surface area contributed by atoms with Crippen molar-refractivity contribution in [3.05, 3.63) is 0 Å². The zero-order chi connectivity index (χ0) is 5.56. The van der Waals surface area contributed by atoms with Gasteiger partial charge in [0.05, 0.1) is 0 Å². The molecule has 0 unspecified atom stereocenters. The minimum Gasteiger partial charge on any atom is -0.268 e. The quantitative estimate of drug-likeness (QED) is 0.470. The molecular formula is C5H10N2S. The Morgan fingerprint density at radius 3 is 2.75 bits per heavy atom. The second kappa shape index (κ2) is 1.62. The predicted molar refractivity (Wildman–Crippen MR) is 35.5 cm³/mol. The molecule has 2 N–H and O–H groups in total. The first-order valence-electron chi connectivity index (χ1n) is 2.99. The highest BCUT2D eigenvalue weighted by Gasteiger charge is 2.36. The first kappa shape index (κ1) is 5.09. The van der Waals surface area contributed by atoms with Crippen LogP contribution in [0.25, 0.3) is 0 Å². The smallest absolute Gasteiger partial charge is 0.0343 e. The van der Waals surface area contributed by atoms with E-state index in [-0.39, 0.29) is 0 Å². The van der Waals surface area contributed by atoms with Gasteiger partial charge in [-0.1, -0.05) is 0 Å². The summed E-state index contributed by atoms with van der Waals surface area (Å²) in [6.45, 7) is 1.12. The summed E-state index contributed by atoms with van der Waals surface area (Å²) in [6.07, 6.45) is 1.33. The van der Waals surface area contributed by atoms with Crippen LogP contribution in [0.2, 0.25) is 0 Å². The van der Waals surface area contributed by atoms with Crippen LogP contribution in [0.4, 0.5) is 0 Å². The molecular weight excluding hydrogens is 120 g/mol. The normalized spacial score (nSPS) is 46.1. The van der Waals surface area contributed by atoms with Gasteiger partial charge in [-0.15, -0.1) is 0 Å². The summed E-state index contributed by atoms with van der Waals surface area (Å²) in [6, 6.07) is 0.713. The van der Waals surface area contributed by atoms with Crippen molar-refractivity contribution in [1.82, 2.24) is 5.01 Å². The van der Waals surface area contributed by atoms with Gasteiger partial charge in [-0.25, -0.2) is 5.01 Å². The third-order valence-corrected chi connectivity index (χ3v) is 3.33. The van der Waals surface area contributed by atoms with Crippen LogP contribution in [0.15, 0.2) is 0 Å². The third kappa shape index (κ3) is 0.584. The maximum Gasteiger partial charge on any atom is 0.0343 e. The lowest BCUT2D eigenvalue weighted by Crippen LogP contribution is -2.39. The van der Waals surface area contributed by atoms with E-state index >= 15 is 0 Å². The standard InChI is InChI=1S/C5H10N2S/c6-7-2-5-1-4(7)3-8-5/h4-5H,1-3,6H2/t4-,5-/m0/s1. The molecule has 2 heterocycles. The first-order valence-corrected chi connectivity index (χ1v) is 4.04. The number of rotatable bonds is 0. The Labute approximate surface area is 53.4 Å². The van der Waals surface area contributed by atoms with Gasteiger partial charge in [-0.05, 0) is 6.42 Å². The minimum absolute atomic E-state index is 0.713. The zero-order valence-electron chi connectivity index (χ0n) is 4.71. The fourth-order valence-electron chi connectivity index (χ4n) is 1.43. The van der Waals surface area contributed by atoms with Crippen molar-refractivity contribution in [3.8, 4) is 0 Å². The van der Waals surface area contributed by atoms with E-state index in [1.807, 2.05) is 5.01 Å². The number of nitrogens with two attached hydrogens (primary N) is 1. The number of hydrogen-bond donors (Lipinski definition) is 1. The van der Waals surface area contributed by atoms with Crippen molar-refractivity contribution in [2.24, 2.45) is 5.84 Å². The van der Waals surface area contributed by atoms with E-state index in [2.05, 4.69) is 11.8 Å². The number of hydrazine groups is 1. The van der Waals surface area contributed by atoms with Crippen molar-refractivity contribution in [1.29, 1.82) is 0 Å². The summed E-state index contributed by atoms with van der Waals surface area (Å²) >= 11 is 2.07. The van der Waals surface area contributed by atoms with Crippen molar-refractivity contribution >= 4 is 11.8 Å². The number of hydrogen-bond acceptors (Lipinski definition) is 3. The molecule has 0 spiro atoms. The SMILES string of the molecule is NN1C[C@@H]2C[C@H]1CS2. The van der Waals surface area contributed by atoms with Crippen LogP contribution in [-0.2, 0) is 0 Å². The molecule has 2 saturated heterocycles. The fraction of sp³-hybridized carbons (Fsp3) is 1.00. The lowest BCUT2D eigenvalue weighted by atomic mass is 10.3. The largest absolute Gasteiger partial charge is 0.268 e. The van der Waals surface area contributed by atoms with Crippen LogP contribution in [-0.4, -0.2) is 28.6 Å². The highest BCUT2D eigenvalue weighted by atomic mass is 32.2. The average molecular weight is 130 g/mol. The van der Waals surface area contributed by atoms with Crippen molar-refractivity contribution in [2.75, 3.05) is 12.3 Å². The predicted octanol–water partition coefficient (Wildman–Crippen LogP) is 0.0498. The molecule has 0 aromatic rings. The molecule has 2 aliphatic rings. The van der Waals surface area contributed by atoms with Gasteiger partial charge in [-0.2, -0.15) is 11.8 Å². The Kier molecular flexibility index (Phi) is 1.03. The topological polar surface area (TPSA) is 29.3 Å². The minimum atomic E-state index is 0.713. The maximum absolute atomic E-state index is 5.64. The van der Waals surface area contributed by atoms with E-state index in [1.54, 1.807) is 0 Å². The highest BCUT2D eigenvalue weighted by Crippen LogP contribution is 2.35. The van der Waals surface area contributed by atoms with Crippen molar-refractivity contribution < 1.29 is 0 Å². The maximum atomic E-state index is 5.64. The Bertz CT molecular complexity index is 105. The molecule has 0 aliphatic carbocycles. The van der Waals surface area contributed by atoms with Gasteiger partial charge in [0, 0.05) is 23.6 Å². The van der Waals surface area contributed by atoms with E-state index in [0.717, 1.165) is 11.8 Å². The Morgan fingerprint density at radius 2 is 2.50 bits per heavy atom. The Morgan fingerprint density at radius 1 is 1.62 bits per heavy atom. The van der Waals surface area contributed by atoms with Crippen molar-refractivity contribution in [3.63, 3.8) is 0 Å². The van der Waals surface area contributed by atoms with E-state index in [0.29, 0.717) is 6.04 Å². The van der Waals surface area contributed by atoms with Gasteiger partial charge < -0.3 is 0 Å². The fourth-order valence-corrected chi connectivity index (χ4v) is 2.89. The molecule has 46 valence electrons. The number of fused-ring (bicyclic) bond motifs is 2. The molecule has 0 amide bonds. The van der Waals surface area contributed by atoms with Crippen LogP contribution in [0.3, 0.4) is 0 Å². The van der Waals surface area contributed by atoms with Crippen LogP contribution < -0.4 is 5.84 Å². The second-order valence-electron chi connectivity index (χ2n) is 2.54. The molecule has 2 bridgehead atoms. The van der Waals surface area contributed by atoms with Crippen LogP contribution >= 0.6 is 11.8 Å². The van der Waals surface area contributed by atoms with Gasteiger partial charge in [0.2, 0.25) is 0 Å². The average Bonchev–Trinajstić information content (AvgIpc) is 2.23. The molecule has 8 heavy (non-hydrogen) atoms. The third-order valence-electron chi connectivity index (χ3n) is 1.94. The highest BCUT2D eigenvalue weighted by molar-refractivity contribution is 8.00. The van der Waals surface area contributed by atoms with Gasteiger partial charge >= 0.3 is 0 Å². The molecule has 3 heteroatoms. The summed E-state index contributed by atoms with van der Waals surface area (Å²) in [4.78, 5) is 0. The lowest BCUT2D eigenvalue weighted by Gasteiger charge is -2.19. The summed E-state index contributed by atoms with van der Waals surface area (Å²) in [5.41, 5.74) is 0. The number of nitrogens with zero attached hydrogens (tertiary/aromatic N) is 1. The van der Waals surface area contributed by atoms with Crippen LogP contribution in [0, 0.1) is 0 Å². The first-order chi connectivity index (χ1) is 3.86. The van der Waals surface area contributed by atoms with E-state index < -0.39 is 0 Å². The molecule has 2 fully saturated rings. The molecule has 0 saturated carbocycles. The second-order valence-corrected chi connectivity index (χ2v) is 3.87. The van der Waals surface area contributed by atoms with Crippen molar-refractivity contribution in [2.45, 2.75) is 17.7 Å². The van der Waals surface area contributed by atoms with Gasteiger partial charge in [-0.3, -0.25) is 5.84 Å². The summed E-state index contributed by atoms with van der Waals surface area (Å²) in [7, 11) is 0. The molecule has 0 aromatic carbocycles. The number of thioether (sulfide) groups is 1. The molecule has 2 atom stereocenters. The molecule has 2 aliphatic heterocycles. The molecule has 0 radical (unpaired) electrons. The summed E-state index contributed by atoms with van der Waals surface area (Å²) in [5, 5.41) is 2.85. The monoisotopic (exact) mass is 130 g/mol. The lowest BCUT2D eigenvalue weighted by molar-refractivity contribution is 0.279. The van der Waals surface area contributed by atoms with E-state index in [4.69, 9.17) is 5.84 Å². The van der Waals surface area contributed by atoms with Crippen LogP contribution in [0.1, 0.15) is 6.42 Å². The zero-order valence-corrected chi connectivity index (χ0v) is 5.53. The van der Waals surface area contributed by atoms with Gasteiger partial charge in [0.25, 0.3) is 0 Å². The molecule has 2 rings (SSSR count). The van der Waals surface area contributed by atoms with E-state index in [9.17, 15) is 0 Å². The summed E-state index contributed by atoms with van der Waals surface area (Å²) < 4.78 is 0. The van der Waals surface area contributed by atoms with Gasteiger partial charge in [0.1, 0.15) is 0 Å². The van der Waals surface area contributed by atoms with Crippen LogP contribution in [0.5, 0.6) is 0 Å². The van der Waals surface area contributed by atoms with Gasteiger partial charge in [0.15, 0.2) is 0 Å². The molecule has 0 aromatic heterocycles. The Hall–Kier alpha value is 0.270. The Balaban J connectivity index is 2.11. The summed E-state index contributed by atoms with van der Waals surface area (Å²) in [5.74, 6) is 6.90. The van der Waals surface area contributed by atoms with E-state index in [1.165, 1.54) is 12.2 Å².